The second-order valence-electron chi connectivity index (χ2n) is 4.26. The minimum absolute atomic E-state index is 0.0798. The van der Waals surface area contributed by atoms with Crippen LogP contribution in [0.3, 0.4) is 0 Å². The third-order valence-electron chi connectivity index (χ3n) is 2.65. The molecule has 0 unspecified atom stereocenters. The van der Waals surface area contributed by atoms with E-state index in [4.69, 9.17) is 11.6 Å². The van der Waals surface area contributed by atoms with Crippen molar-refractivity contribution >= 4 is 17.5 Å². The van der Waals surface area contributed by atoms with Gasteiger partial charge in [-0.2, -0.15) is 23.4 Å². The molecule has 0 N–H and O–H groups in total. The van der Waals surface area contributed by atoms with Crippen molar-refractivity contribution in [1.29, 1.82) is 0 Å². The van der Waals surface area contributed by atoms with Crippen molar-refractivity contribution in [3.63, 3.8) is 0 Å². The molecule has 0 aromatic carbocycles. The van der Waals surface area contributed by atoms with Gasteiger partial charge >= 0.3 is 6.18 Å². The lowest BCUT2D eigenvalue weighted by atomic mass is 10.3. The van der Waals surface area contributed by atoms with Gasteiger partial charge in [0, 0.05) is 6.20 Å². The van der Waals surface area contributed by atoms with Crippen LogP contribution in [0.25, 0.3) is 0 Å². The number of alkyl halides is 3. The standard InChI is InChI=1S/C11H10ClF3N4O/c1-6-3-16-19(4-6)8(20)5-18-7(2)9(12)10(17-18)11(13,14)15/h3-4H,5H2,1-2H3. The van der Waals surface area contributed by atoms with Gasteiger partial charge in [0.2, 0.25) is 0 Å². The highest BCUT2D eigenvalue weighted by Gasteiger charge is 2.38. The molecule has 0 atom stereocenters. The first-order chi connectivity index (χ1) is 9.20. The summed E-state index contributed by atoms with van der Waals surface area (Å²) in [6.45, 7) is 2.74. The Kier molecular flexibility index (Phi) is 3.59. The van der Waals surface area contributed by atoms with Crippen LogP contribution in [0.2, 0.25) is 5.02 Å². The Morgan fingerprint density at radius 3 is 2.50 bits per heavy atom. The van der Waals surface area contributed by atoms with E-state index in [2.05, 4.69) is 10.2 Å². The third kappa shape index (κ3) is 2.69. The molecule has 0 saturated heterocycles. The molecule has 2 aromatic rings. The fraction of sp³-hybridized carbons (Fsp3) is 0.364. The molecule has 0 bridgehead atoms. The van der Waals surface area contributed by atoms with Gasteiger partial charge in [0.05, 0.1) is 16.9 Å². The van der Waals surface area contributed by atoms with E-state index in [9.17, 15) is 18.0 Å². The number of aryl methyl sites for hydroxylation is 1. The van der Waals surface area contributed by atoms with Gasteiger partial charge in [0.1, 0.15) is 6.54 Å². The van der Waals surface area contributed by atoms with Gasteiger partial charge in [0.25, 0.3) is 5.91 Å². The average molecular weight is 307 g/mol. The summed E-state index contributed by atoms with van der Waals surface area (Å²) in [6, 6.07) is 0. The van der Waals surface area contributed by atoms with E-state index in [0.717, 1.165) is 14.9 Å². The summed E-state index contributed by atoms with van der Waals surface area (Å²) >= 11 is 5.60. The van der Waals surface area contributed by atoms with Crippen LogP contribution in [0.5, 0.6) is 0 Å². The summed E-state index contributed by atoms with van der Waals surface area (Å²) in [5, 5.41) is 6.64. The molecule has 0 aliphatic heterocycles. The minimum atomic E-state index is -4.65. The molecular weight excluding hydrogens is 297 g/mol. The van der Waals surface area contributed by atoms with Crippen molar-refractivity contribution < 1.29 is 18.0 Å². The fourth-order valence-electron chi connectivity index (χ4n) is 1.61. The maximum atomic E-state index is 12.6. The number of hydrogen-bond donors (Lipinski definition) is 0. The van der Waals surface area contributed by atoms with Gasteiger partial charge in [-0.25, -0.2) is 4.68 Å². The Balaban J connectivity index is 2.29. The quantitative estimate of drug-likeness (QED) is 0.857. The van der Waals surface area contributed by atoms with Crippen LogP contribution in [0.4, 0.5) is 13.2 Å². The van der Waals surface area contributed by atoms with E-state index in [1.165, 1.54) is 19.3 Å². The van der Waals surface area contributed by atoms with Crippen molar-refractivity contribution in [1.82, 2.24) is 19.6 Å². The minimum Gasteiger partial charge on any atom is -0.270 e. The first kappa shape index (κ1) is 14.6. The lowest BCUT2D eigenvalue weighted by Crippen LogP contribution is -2.20. The number of carbonyl (C=O) groups excluding carboxylic acids is 1. The molecule has 0 saturated carbocycles. The smallest absolute Gasteiger partial charge is 0.270 e. The Labute approximate surface area is 116 Å². The van der Waals surface area contributed by atoms with Gasteiger partial charge in [-0.05, 0) is 19.4 Å². The summed E-state index contributed by atoms with van der Waals surface area (Å²) in [7, 11) is 0. The van der Waals surface area contributed by atoms with Crippen molar-refractivity contribution in [2.75, 3.05) is 0 Å². The zero-order valence-corrected chi connectivity index (χ0v) is 11.3. The van der Waals surface area contributed by atoms with Crippen molar-refractivity contribution in [3.8, 4) is 0 Å². The normalized spacial score (nSPS) is 11.9. The van der Waals surface area contributed by atoms with Crippen molar-refractivity contribution in [2.45, 2.75) is 26.6 Å². The van der Waals surface area contributed by atoms with Gasteiger partial charge in [-0.1, -0.05) is 11.6 Å². The molecule has 0 amide bonds. The van der Waals surface area contributed by atoms with Crippen LogP contribution < -0.4 is 0 Å². The van der Waals surface area contributed by atoms with Gasteiger partial charge in [0.15, 0.2) is 5.69 Å². The Morgan fingerprint density at radius 1 is 1.40 bits per heavy atom. The fourth-order valence-corrected chi connectivity index (χ4v) is 1.85. The Hall–Kier alpha value is -1.83. The van der Waals surface area contributed by atoms with Crippen LogP contribution >= 0.6 is 11.6 Å². The average Bonchev–Trinajstić information content (AvgIpc) is 2.87. The highest BCUT2D eigenvalue weighted by molar-refractivity contribution is 6.32. The third-order valence-corrected chi connectivity index (χ3v) is 3.11. The molecule has 0 spiro atoms. The zero-order chi connectivity index (χ0) is 15.1. The number of carbonyl (C=O) groups is 1. The molecule has 2 rings (SSSR count). The summed E-state index contributed by atoms with van der Waals surface area (Å²) < 4.78 is 39.9. The predicted octanol–water partition coefficient (Wildman–Crippen LogP) is 2.71. The number of rotatable bonds is 2. The number of hydrogen-bond acceptors (Lipinski definition) is 3. The van der Waals surface area contributed by atoms with Crippen LogP contribution in [-0.2, 0) is 12.7 Å². The van der Waals surface area contributed by atoms with Gasteiger partial charge in [-0.15, -0.1) is 0 Å². The molecule has 20 heavy (non-hydrogen) atoms. The van der Waals surface area contributed by atoms with E-state index in [0.29, 0.717) is 0 Å². The topological polar surface area (TPSA) is 52.7 Å². The summed E-state index contributed by atoms with van der Waals surface area (Å²) in [5.41, 5.74) is -0.345. The number of nitrogens with zero attached hydrogens (tertiary/aromatic N) is 4. The number of aromatic nitrogens is 4. The van der Waals surface area contributed by atoms with E-state index in [1.807, 2.05) is 0 Å². The molecule has 2 heterocycles. The second kappa shape index (κ2) is 4.93. The summed E-state index contributed by atoms with van der Waals surface area (Å²) in [5.74, 6) is -0.505. The van der Waals surface area contributed by atoms with E-state index >= 15 is 0 Å². The Morgan fingerprint density at radius 2 is 2.05 bits per heavy atom. The second-order valence-corrected chi connectivity index (χ2v) is 4.64. The first-order valence-electron chi connectivity index (χ1n) is 5.54. The maximum absolute atomic E-state index is 12.6. The summed E-state index contributed by atoms with van der Waals surface area (Å²) in [4.78, 5) is 11.9. The molecule has 2 aromatic heterocycles. The van der Waals surface area contributed by atoms with Crippen molar-refractivity contribution in [3.05, 3.63) is 34.4 Å². The maximum Gasteiger partial charge on any atom is 0.436 e. The molecule has 5 nitrogen and oxygen atoms in total. The monoisotopic (exact) mass is 306 g/mol. The molecule has 108 valence electrons. The molecule has 9 heteroatoms. The molecule has 0 radical (unpaired) electrons. The largest absolute Gasteiger partial charge is 0.436 e. The van der Waals surface area contributed by atoms with Crippen LogP contribution in [0.1, 0.15) is 21.7 Å². The van der Waals surface area contributed by atoms with E-state index in [-0.39, 0.29) is 12.2 Å². The van der Waals surface area contributed by atoms with E-state index < -0.39 is 22.8 Å². The highest BCUT2D eigenvalue weighted by Crippen LogP contribution is 2.35. The zero-order valence-electron chi connectivity index (χ0n) is 10.6. The molecule has 0 aliphatic carbocycles. The van der Waals surface area contributed by atoms with Crippen LogP contribution in [-0.4, -0.2) is 25.5 Å². The predicted molar refractivity (Wildman–Crippen MR) is 64.6 cm³/mol. The van der Waals surface area contributed by atoms with Crippen molar-refractivity contribution in [2.24, 2.45) is 0 Å². The van der Waals surface area contributed by atoms with Crippen LogP contribution in [0.15, 0.2) is 12.4 Å². The Bertz CT molecular complexity index is 659. The lowest BCUT2D eigenvalue weighted by molar-refractivity contribution is -0.141. The number of halogens is 4. The first-order valence-corrected chi connectivity index (χ1v) is 5.92. The SMILES string of the molecule is Cc1cnn(C(=O)Cn2nc(C(F)(F)F)c(Cl)c2C)c1. The molecule has 0 aliphatic rings. The van der Waals surface area contributed by atoms with Gasteiger partial charge in [-0.3, -0.25) is 9.48 Å². The lowest BCUT2D eigenvalue weighted by Gasteiger charge is -2.03. The van der Waals surface area contributed by atoms with Crippen LogP contribution in [0, 0.1) is 13.8 Å². The summed E-state index contributed by atoms with van der Waals surface area (Å²) in [6.07, 6.45) is -1.70. The van der Waals surface area contributed by atoms with E-state index in [1.54, 1.807) is 6.92 Å². The highest BCUT2D eigenvalue weighted by atomic mass is 35.5. The van der Waals surface area contributed by atoms with Gasteiger partial charge < -0.3 is 0 Å². The molecular formula is C11H10ClF3N4O. The molecule has 0 fully saturated rings.